The molecule has 4 rings (SSSR count). The molecule has 2 aromatic rings. The van der Waals surface area contributed by atoms with Crippen molar-refractivity contribution in [2.45, 2.75) is 39.5 Å². The van der Waals surface area contributed by atoms with Gasteiger partial charge in [-0.3, -0.25) is 9.59 Å². The third-order valence-corrected chi connectivity index (χ3v) is 7.63. The van der Waals surface area contributed by atoms with Crippen LogP contribution in [0, 0.1) is 17.3 Å². The number of carboxylic acid groups (broad SMARTS) is 1. The van der Waals surface area contributed by atoms with Gasteiger partial charge in [0.25, 0.3) is 0 Å². The summed E-state index contributed by atoms with van der Waals surface area (Å²) in [4.78, 5) is 39.0. The number of carboxylic acids is 1. The summed E-state index contributed by atoms with van der Waals surface area (Å²) in [7, 11) is 0. The number of hydrogen-bond acceptors (Lipinski definition) is 4. The van der Waals surface area contributed by atoms with E-state index in [0.29, 0.717) is 25.9 Å². The lowest BCUT2D eigenvalue weighted by atomic mass is 9.80. The van der Waals surface area contributed by atoms with Crippen LogP contribution >= 0.6 is 0 Å². The maximum Gasteiger partial charge on any atom is 0.407 e. The molecule has 0 saturated carbocycles. The van der Waals surface area contributed by atoms with Crippen molar-refractivity contribution in [1.29, 1.82) is 0 Å². The summed E-state index contributed by atoms with van der Waals surface area (Å²) in [5, 5.41) is 12.2. The third-order valence-electron chi connectivity index (χ3n) is 7.63. The fourth-order valence-electron chi connectivity index (χ4n) is 5.12. The molecule has 0 aromatic heterocycles. The molecule has 7 heteroatoms. The molecular weight excluding hydrogens is 444 g/mol. The van der Waals surface area contributed by atoms with E-state index in [1.54, 1.807) is 11.8 Å². The number of hydrogen-bond donors (Lipinski definition) is 2. The summed E-state index contributed by atoms with van der Waals surface area (Å²) in [5.74, 6) is -1.27. The van der Waals surface area contributed by atoms with Crippen molar-refractivity contribution < 1.29 is 24.2 Å². The van der Waals surface area contributed by atoms with E-state index in [1.807, 2.05) is 38.1 Å². The first-order chi connectivity index (χ1) is 16.7. The van der Waals surface area contributed by atoms with Crippen LogP contribution in [0.1, 0.15) is 50.7 Å². The summed E-state index contributed by atoms with van der Waals surface area (Å²) in [5.41, 5.74) is 3.85. The zero-order valence-electron chi connectivity index (χ0n) is 20.6. The molecule has 1 aliphatic carbocycles. The second kappa shape index (κ2) is 10.1. The molecule has 2 aromatic carbocycles. The Morgan fingerprint density at radius 3 is 2.09 bits per heavy atom. The maximum atomic E-state index is 13.2. The van der Waals surface area contributed by atoms with Crippen LogP contribution in [0.4, 0.5) is 4.79 Å². The van der Waals surface area contributed by atoms with E-state index < -0.39 is 23.4 Å². The topological polar surface area (TPSA) is 95.9 Å². The van der Waals surface area contributed by atoms with Crippen molar-refractivity contribution >= 4 is 18.0 Å². The SMILES string of the molecule is CC(C)C(CNC(=O)OCC1c2ccccc2-c2ccccc21)C(=O)N1CCC(C)(C(=O)O)CC1. The van der Waals surface area contributed by atoms with E-state index in [9.17, 15) is 19.5 Å². The Balaban J connectivity index is 1.33. The van der Waals surface area contributed by atoms with Crippen LogP contribution in [0.2, 0.25) is 0 Å². The van der Waals surface area contributed by atoms with Gasteiger partial charge in [0, 0.05) is 25.6 Å². The Hall–Kier alpha value is -3.35. The fraction of sp³-hybridized carbons (Fsp3) is 0.464. The van der Waals surface area contributed by atoms with E-state index in [2.05, 4.69) is 29.6 Å². The summed E-state index contributed by atoms with van der Waals surface area (Å²) < 4.78 is 5.61. The lowest BCUT2D eigenvalue weighted by Crippen LogP contribution is -2.49. The first kappa shape index (κ1) is 24.8. The first-order valence-corrected chi connectivity index (χ1v) is 12.3. The van der Waals surface area contributed by atoms with Gasteiger partial charge in [-0.1, -0.05) is 62.4 Å². The Bertz CT molecular complexity index is 1060. The second-order valence-corrected chi connectivity index (χ2v) is 10.2. The molecule has 35 heavy (non-hydrogen) atoms. The van der Waals surface area contributed by atoms with Crippen molar-refractivity contribution in [2.24, 2.45) is 17.3 Å². The number of alkyl carbamates (subject to hydrolysis) is 1. The standard InChI is InChI=1S/C28H34N2O5/c1-18(2)23(25(31)30-14-12-28(3,13-15-30)26(32)33)16-29-27(34)35-17-24-21-10-6-4-8-19(21)20-9-5-7-11-22(20)24/h4-11,18,23-24H,12-17H2,1-3H3,(H,29,34)(H,32,33). The highest BCUT2D eigenvalue weighted by Gasteiger charge is 2.39. The minimum atomic E-state index is -0.818. The summed E-state index contributed by atoms with van der Waals surface area (Å²) >= 11 is 0. The molecule has 1 heterocycles. The molecule has 1 saturated heterocycles. The van der Waals surface area contributed by atoms with Gasteiger partial charge < -0.3 is 20.1 Å². The van der Waals surface area contributed by atoms with Gasteiger partial charge in [-0.05, 0) is 47.9 Å². The van der Waals surface area contributed by atoms with Gasteiger partial charge in [0.15, 0.2) is 0 Å². The molecule has 186 valence electrons. The number of nitrogens with zero attached hydrogens (tertiary/aromatic N) is 1. The summed E-state index contributed by atoms with van der Waals surface area (Å²) in [6.07, 6.45) is 0.319. The van der Waals surface area contributed by atoms with Gasteiger partial charge in [0.1, 0.15) is 6.61 Å². The average molecular weight is 479 g/mol. The Morgan fingerprint density at radius 2 is 1.57 bits per heavy atom. The number of piperidine rings is 1. The number of fused-ring (bicyclic) bond motifs is 3. The Morgan fingerprint density at radius 1 is 1.03 bits per heavy atom. The molecule has 7 nitrogen and oxygen atoms in total. The van der Waals surface area contributed by atoms with E-state index >= 15 is 0 Å². The van der Waals surface area contributed by atoms with Crippen LogP contribution in [0.15, 0.2) is 48.5 Å². The molecule has 1 atom stereocenters. The van der Waals surface area contributed by atoms with Crippen molar-refractivity contribution in [2.75, 3.05) is 26.2 Å². The molecule has 1 aliphatic heterocycles. The number of nitrogens with one attached hydrogen (secondary N) is 1. The predicted molar refractivity (Wildman–Crippen MR) is 133 cm³/mol. The lowest BCUT2D eigenvalue weighted by Gasteiger charge is -2.38. The van der Waals surface area contributed by atoms with E-state index in [4.69, 9.17) is 4.74 Å². The van der Waals surface area contributed by atoms with Crippen LogP contribution in [0.3, 0.4) is 0 Å². The van der Waals surface area contributed by atoms with Gasteiger partial charge in [0.2, 0.25) is 5.91 Å². The molecule has 2 amide bonds. The number of aliphatic carboxylic acids is 1. The van der Waals surface area contributed by atoms with Crippen molar-refractivity contribution in [1.82, 2.24) is 10.2 Å². The normalized spacial score (nSPS) is 17.4. The fourth-order valence-corrected chi connectivity index (χ4v) is 5.12. The van der Waals surface area contributed by atoms with Gasteiger partial charge in [-0.15, -0.1) is 0 Å². The average Bonchev–Trinajstić information content (AvgIpc) is 3.16. The highest BCUT2D eigenvalue weighted by Crippen LogP contribution is 2.44. The van der Waals surface area contributed by atoms with Crippen LogP contribution in [-0.4, -0.2) is 54.2 Å². The third kappa shape index (κ3) is 5.04. The van der Waals surface area contributed by atoms with Crippen LogP contribution < -0.4 is 5.32 Å². The van der Waals surface area contributed by atoms with Gasteiger partial charge in [0.05, 0.1) is 11.3 Å². The second-order valence-electron chi connectivity index (χ2n) is 10.2. The quantitative estimate of drug-likeness (QED) is 0.610. The lowest BCUT2D eigenvalue weighted by molar-refractivity contribution is -0.154. The van der Waals surface area contributed by atoms with E-state index in [-0.39, 0.29) is 30.9 Å². The smallest absolute Gasteiger partial charge is 0.407 e. The monoisotopic (exact) mass is 478 g/mol. The largest absolute Gasteiger partial charge is 0.481 e. The van der Waals surface area contributed by atoms with Gasteiger partial charge in [-0.25, -0.2) is 4.79 Å². The van der Waals surface area contributed by atoms with Crippen molar-refractivity contribution in [3.63, 3.8) is 0 Å². The van der Waals surface area contributed by atoms with Crippen LogP contribution in [0.25, 0.3) is 11.1 Å². The summed E-state index contributed by atoms with van der Waals surface area (Å²) in [6, 6.07) is 16.3. The number of carbonyl (C=O) groups is 3. The maximum absolute atomic E-state index is 13.2. The number of carbonyl (C=O) groups excluding carboxylic acids is 2. The van der Waals surface area contributed by atoms with Crippen molar-refractivity contribution in [3.8, 4) is 11.1 Å². The zero-order valence-corrected chi connectivity index (χ0v) is 20.6. The van der Waals surface area contributed by atoms with Gasteiger partial charge in [-0.2, -0.15) is 0 Å². The van der Waals surface area contributed by atoms with Gasteiger partial charge >= 0.3 is 12.1 Å². The zero-order chi connectivity index (χ0) is 25.2. The molecule has 0 radical (unpaired) electrons. The number of benzene rings is 2. The summed E-state index contributed by atoms with van der Waals surface area (Å²) in [6.45, 7) is 6.86. The molecule has 1 unspecified atom stereocenters. The molecule has 2 N–H and O–H groups in total. The molecule has 0 spiro atoms. The number of likely N-dealkylation sites (tertiary alicyclic amines) is 1. The van der Waals surface area contributed by atoms with Crippen LogP contribution in [-0.2, 0) is 14.3 Å². The van der Waals surface area contributed by atoms with E-state index in [0.717, 1.165) is 11.1 Å². The van der Waals surface area contributed by atoms with Crippen molar-refractivity contribution in [3.05, 3.63) is 59.7 Å². The number of rotatable bonds is 7. The van der Waals surface area contributed by atoms with Crippen LogP contribution in [0.5, 0.6) is 0 Å². The first-order valence-electron chi connectivity index (χ1n) is 12.3. The minimum Gasteiger partial charge on any atom is -0.481 e. The highest BCUT2D eigenvalue weighted by atomic mass is 16.5. The van der Waals surface area contributed by atoms with E-state index in [1.165, 1.54) is 11.1 Å². The molecular formula is C28H34N2O5. The Labute approximate surface area is 206 Å². The molecule has 1 fully saturated rings. The molecule has 2 aliphatic rings. The highest BCUT2D eigenvalue weighted by molar-refractivity contribution is 5.81. The minimum absolute atomic E-state index is 0.0177. The molecule has 0 bridgehead atoms. The predicted octanol–water partition coefficient (Wildman–Crippen LogP) is 4.51. The number of ether oxygens (including phenoxy) is 1. The Kier molecular flexibility index (Phi) is 7.15. The number of amides is 2.